The Morgan fingerprint density at radius 3 is 3.08 bits per heavy atom. The molecule has 1 aromatic carbocycles. The van der Waals surface area contributed by atoms with Gasteiger partial charge in [0.05, 0.1) is 6.04 Å². The van der Waals surface area contributed by atoms with Crippen molar-refractivity contribution >= 4 is 23.1 Å². The average Bonchev–Trinajstić information content (AvgIpc) is 3.36. The van der Waals surface area contributed by atoms with Crippen molar-refractivity contribution in [2.75, 3.05) is 11.9 Å². The summed E-state index contributed by atoms with van der Waals surface area (Å²) in [5.74, 6) is 1.03. The molecule has 6 nitrogen and oxygen atoms in total. The van der Waals surface area contributed by atoms with Crippen molar-refractivity contribution in [2.45, 2.75) is 25.8 Å². The van der Waals surface area contributed by atoms with Crippen LogP contribution >= 0.6 is 11.3 Å². The number of hydrogen-bond donors (Lipinski definition) is 1. The normalized spacial score (nSPS) is 17.0. The molecule has 0 radical (unpaired) electrons. The van der Waals surface area contributed by atoms with Crippen LogP contribution < -0.4 is 5.32 Å². The summed E-state index contributed by atoms with van der Waals surface area (Å²) in [4.78, 5) is 18.9. The third-order valence-electron chi connectivity index (χ3n) is 4.34. The molecule has 0 aliphatic carbocycles. The van der Waals surface area contributed by atoms with E-state index in [0.717, 1.165) is 30.6 Å². The zero-order valence-electron chi connectivity index (χ0n) is 13.8. The van der Waals surface area contributed by atoms with E-state index in [-0.39, 0.29) is 12.1 Å². The molecule has 1 fully saturated rings. The van der Waals surface area contributed by atoms with Crippen LogP contribution in [0.15, 0.2) is 45.6 Å². The Balaban J connectivity index is 1.51. The summed E-state index contributed by atoms with van der Waals surface area (Å²) >= 11 is 1.66. The molecule has 0 spiro atoms. The maximum atomic E-state index is 12.7. The first-order valence-electron chi connectivity index (χ1n) is 8.21. The number of thiophene rings is 1. The SMILES string of the molecule is Cc1nc(-c2cccc(NC(=O)N3CCC[C@@H]3c3ccsc3)c2)no1. The summed E-state index contributed by atoms with van der Waals surface area (Å²) in [6, 6.07) is 9.67. The minimum atomic E-state index is -0.0739. The highest BCUT2D eigenvalue weighted by molar-refractivity contribution is 7.08. The topological polar surface area (TPSA) is 71.3 Å². The predicted molar refractivity (Wildman–Crippen MR) is 96.5 cm³/mol. The summed E-state index contributed by atoms with van der Waals surface area (Å²) in [6.45, 7) is 2.52. The van der Waals surface area contributed by atoms with Crippen molar-refractivity contribution in [3.63, 3.8) is 0 Å². The molecule has 2 amide bonds. The minimum Gasteiger partial charge on any atom is -0.339 e. The Labute approximate surface area is 149 Å². The summed E-state index contributed by atoms with van der Waals surface area (Å²) < 4.78 is 5.02. The van der Waals surface area contributed by atoms with Gasteiger partial charge in [0.1, 0.15) is 0 Å². The first-order valence-corrected chi connectivity index (χ1v) is 9.15. The zero-order valence-corrected chi connectivity index (χ0v) is 14.6. The van der Waals surface area contributed by atoms with Gasteiger partial charge in [0.25, 0.3) is 0 Å². The van der Waals surface area contributed by atoms with Gasteiger partial charge in [-0.15, -0.1) is 0 Å². The van der Waals surface area contributed by atoms with Crippen LogP contribution in [-0.2, 0) is 0 Å². The van der Waals surface area contributed by atoms with Gasteiger partial charge in [-0.05, 0) is 47.4 Å². The zero-order chi connectivity index (χ0) is 17.2. The molecule has 128 valence electrons. The molecule has 3 aromatic rings. The van der Waals surface area contributed by atoms with Crippen molar-refractivity contribution in [2.24, 2.45) is 0 Å². The number of nitrogens with zero attached hydrogens (tertiary/aromatic N) is 3. The smallest absolute Gasteiger partial charge is 0.322 e. The molecule has 0 unspecified atom stereocenters. The Hall–Kier alpha value is -2.67. The van der Waals surface area contributed by atoms with Gasteiger partial charge in [-0.1, -0.05) is 17.3 Å². The number of aryl methyl sites for hydroxylation is 1. The van der Waals surface area contributed by atoms with Gasteiger partial charge >= 0.3 is 6.03 Å². The highest BCUT2D eigenvalue weighted by atomic mass is 32.1. The maximum absolute atomic E-state index is 12.7. The second-order valence-corrected chi connectivity index (χ2v) is 6.84. The molecule has 1 saturated heterocycles. The lowest BCUT2D eigenvalue weighted by Gasteiger charge is -2.24. The summed E-state index contributed by atoms with van der Waals surface area (Å²) in [5, 5.41) is 11.1. The molecule has 1 atom stereocenters. The number of benzene rings is 1. The second kappa shape index (κ2) is 6.68. The second-order valence-electron chi connectivity index (χ2n) is 6.06. The maximum Gasteiger partial charge on any atom is 0.322 e. The lowest BCUT2D eigenvalue weighted by Crippen LogP contribution is -2.34. The van der Waals surface area contributed by atoms with Gasteiger partial charge < -0.3 is 14.7 Å². The predicted octanol–water partition coefficient (Wildman–Crippen LogP) is 4.48. The quantitative estimate of drug-likeness (QED) is 0.753. The van der Waals surface area contributed by atoms with E-state index in [0.29, 0.717) is 11.7 Å². The average molecular weight is 354 g/mol. The largest absolute Gasteiger partial charge is 0.339 e. The van der Waals surface area contributed by atoms with E-state index in [4.69, 9.17) is 4.52 Å². The molecule has 3 heterocycles. The van der Waals surface area contributed by atoms with Crippen LogP contribution in [0.1, 0.15) is 30.3 Å². The molecule has 7 heteroatoms. The Bertz CT molecular complexity index is 875. The number of rotatable bonds is 3. The molecule has 0 saturated carbocycles. The van der Waals surface area contributed by atoms with E-state index in [1.165, 1.54) is 5.56 Å². The molecule has 25 heavy (non-hydrogen) atoms. The van der Waals surface area contributed by atoms with Crippen LogP contribution in [0.3, 0.4) is 0 Å². The van der Waals surface area contributed by atoms with Gasteiger partial charge in [0.2, 0.25) is 11.7 Å². The standard InChI is InChI=1S/C18H18N4O2S/c1-12-19-17(21-24-12)13-4-2-5-15(10-13)20-18(23)22-8-3-6-16(22)14-7-9-25-11-14/h2,4-5,7,9-11,16H,3,6,8H2,1H3,(H,20,23)/t16-/m1/s1. The van der Waals surface area contributed by atoms with E-state index >= 15 is 0 Å². The number of hydrogen-bond acceptors (Lipinski definition) is 5. The number of amides is 2. The lowest BCUT2D eigenvalue weighted by atomic mass is 10.1. The fourth-order valence-corrected chi connectivity index (χ4v) is 3.88. The van der Waals surface area contributed by atoms with Gasteiger partial charge in [-0.2, -0.15) is 16.3 Å². The first kappa shape index (κ1) is 15.8. The molecular weight excluding hydrogens is 336 g/mol. The van der Waals surface area contributed by atoms with Gasteiger partial charge in [-0.3, -0.25) is 0 Å². The molecule has 2 aromatic heterocycles. The summed E-state index contributed by atoms with van der Waals surface area (Å²) in [7, 11) is 0. The van der Waals surface area contributed by atoms with E-state index < -0.39 is 0 Å². The van der Waals surface area contributed by atoms with Crippen LogP contribution in [-0.4, -0.2) is 27.6 Å². The van der Waals surface area contributed by atoms with E-state index in [1.807, 2.05) is 29.2 Å². The number of urea groups is 1. The van der Waals surface area contributed by atoms with E-state index in [1.54, 1.807) is 18.3 Å². The Morgan fingerprint density at radius 2 is 2.32 bits per heavy atom. The van der Waals surface area contributed by atoms with Gasteiger partial charge in [0, 0.05) is 24.7 Å². The van der Waals surface area contributed by atoms with Crippen LogP contribution in [0.4, 0.5) is 10.5 Å². The monoisotopic (exact) mass is 354 g/mol. The number of anilines is 1. The number of likely N-dealkylation sites (tertiary alicyclic amines) is 1. The van der Waals surface area contributed by atoms with E-state index in [2.05, 4.69) is 32.3 Å². The van der Waals surface area contributed by atoms with Gasteiger partial charge in [-0.25, -0.2) is 4.79 Å². The number of aromatic nitrogens is 2. The van der Waals surface area contributed by atoms with Crippen molar-refractivity contribution in [1.82, 2.24) is 15.0 Å². The Morgan fingerprint density at radius 1 is 1.40 bits per heavy atom. The van der Waals surface area contributed by atoms with Gasteiger partial charge in [0.15, 0.2) is 0 Å². The third kappa shape index (κ3) is 3.28. The molecule has 1 aliphatic rings. The number of nitrogens with one attached hydrogen (secondary N) is 1. The van der Waals surface area contributed by atoms with Crippen LogP contribution in [0.2, 0.25) is 0 Å². The minimum absolute atomic E-state index is 0.0739. The number of carbonyl (C=O) groups excluding carboxylic acids is 1. The highest BCUT2D eigenvalue weighted by Gasteiger charge is 2.30. The first-order chi connectivity index (χ1) is 12.2. The molecule has 0 bridgehead atoms. The molecule has 1 aliphatic heterocycles. The van der Waals surface area contributed by atoms with Crippen molar-refractivity contribution < 1.29 is 9.32 Å². The van der Waals surface area contributed by atoms with E-state index in [9.17, 15) is 4.79 Å². The summed E-state index contributed by atoms with van der Waals surface area (Å²) in [6.07, 6.45) is 2.03. The van der Waals surface area contributed by atoms with Crippen molar-refractivity contribution in [3.05, 3.63) is 52.5 Å². The van der Waals surface area contributed by atoms with Crippen molar-refractivity contribution in [3.8, 4) is 11.4 Å². The fourth-order valence-electron chi connectivity index (χ4n) is 3.17. The fraction of sp³-hybridized carbons (Fsp3) is 0.278. The third-order valence-corrected chi connectivity index (χ3v) is 5.04. The van der Waals surface area contributed by atoms with Crippen LogP contribution in [0.25, 0.3) is 11.4 Å². The lowest BCUT2D eigenvalue weighted by molar-refractivity contribution is 0.207. The van der Waals surface area contributed by atoms with Crippen LogP contribution in [0, 0.1) is 6.92 Å². The molecular formula is C18H18N4O2S. The number of carbonyl (C=O) groups is 1. The van der Waals surface area contributed by atoms with Crippen LogP contribution in [0.5, 0.6) is 0 Å². The van der Waals surface area contributed by atoms with Crippen molar-refractivity contribution in [1.29, 1.82) is 0 Å². The molecule has 1 N–H and O–H groups in total. The Kier molecular flexibility index (Phi) is 4.23. The highest BCUT2D eigenvalue weighted by Crippen LogP contribution is 2.33. The summed E-state index contributed by atoms with van der Waals surface area (Å²) in [5.41, 5.74) is 2.75. The molecule has 4 rings (SSSR count).